The molecule has 1 amide bonds. The molecule has 2 N–H and O–H groups in total. The van der Waals surface area contributed by atoms with Gasteiger partial charge in [0.15, 0.2) is 0 Å². The van der Waals surface area contributed by atoms with E-state index in [-0.39, 0.29) is 11.8 Å². The molecule has 14 heavy (non-hydrogen) atoms. The van der Waals surface area contributed by atoms with Gasteiger partial charge < -0.3 is 10.6 Å². The van der Waals surface area contributed by atoms with Gasteiger partial charge in [-0.05, 0) is 19.3 Å². The first-order chi connectivity index (χ1) is 6.70. The number of carbonyl (C=O) groups excluding carboxylic acids is 1. The van der Waals surface area contributed by atoms with E-state index in [2.05, 4.69) is 6.92 Å². The molecule has 1 fully saturated rings. The van der Waals surface area contributed by atoms with Crippen molar-refractivity contribution >= 4 is 5.91 Å². The Hall–Kier alpha value is -0.570. The van der Waals surface area contributed by atoms with E-state index in [0.29, 0.717) is 12.6 Å². The lowest BCUT2D eigenvalue weighted by atomic mass is 10.1. The highest BCUT2D eigenvalue weighted by Crippen LogP contribution is 2.28. The highest BCUT2D eigenvalue weighted by Gasteiger charge is 2.33. The third kappa shape index (κ3) is 2.98. The second-order valence-electron chi connectivity index (χ2n) is 4.25. The van der Waals surface area contributed by atoms with Crippen LogP contribution in [0.1, 0.15) is 39.5 Å². The number of amides is 1. The van der Waals surface area contributed by atoms with Gasteiger partial charge in [0.25, 0.3) is 0 Å². The standard InChI is InChI=1S/C11H22N2O/c1-3-4-7-13(10-5-6-10)11(14)9(2)8-12/h9-10H,3-8,12H2,1-2H3. The van der Waals surface area contributed by atoms with Gasteiger partial charge in [-0.1, -0.05) is 20.3 Å². The summed E-state index contributed by atoms with van der Waals surface area (Å²) >= 11 is 0. The van der Waals surface area contributed by atoms with Gasteiger partial charge in [-0.2, -0.15) is 0 Å². The minimum absolute atomic E-state index is 0.00699. The van der Waals surface area contributed by atoms with E-state index < -0.39 is 0 Å². The van der Waals surface area contributed by atoms with Crippen molar-refractivity contribution in [1.82, 2.24) is 4.90 Å². The first-order valence-electron chi connectivity index (χ1n) is 5.71. The van der Waals surface area contributed by atoms with E-state index in [1.807, 2.05) is 11.8 Å². The zero-order valence-electron chi connectivity index (χ0n) is 9.33. The van der Waals surface area contributed by atoms with Gasteiger partial charge in [-0.25, -0.2) is 0 Å². The van der Waals surface area contributed by atoms with Crippen LogP contribution < -0.4 is 5.73 Å². The Morgan fingerprint density at radius 1 is 1.57 bits per heavy atom. The molecule has 82 valence electrons. The minimum Gasteiger partial charge on any atom is -0.339 e. The molecule has 1 unspecified atom stereocenters. The summed E-state index contributed by atoms with van der Waals surface area (Å²) < 4.78 is 0. The number of hydrogen-bond donors (Lipinski definition) is 1. The molecule has 3 heteroatoms. The zero-order valence-corrected chi connectivity index (χ0v) is 9.33. The number of hydrogen-bond acceptors (Lipinski definition) is 2. The summed E-state index contributed by atoms with van der Waals surface area (Å²) in [6.45, 7) is 5.46. The number of rotatable bonds is 6. The first-order valence-corrected chi connectivity index (χ1v) is 5.71. The second-order valence-corrected chi connectivity index (χ2v) is 4.25. The molecule has 0 spiro atoms. The van der Waals surface area contributed by atoms with Crippen molar-refractivity contribution in [2.45, 2.75) is 45.6 Å². The van der Waals surface area contributed by atoms with E-state index in [9.17, 15) is 4.79 Å². The van der Waals surface area contributed by atoms with Gasteiger partial charge in [0, 0.05) is 25.0 Å². The normalized spacial score (nSPS) is 17.9. The summed E-state index contributed by atoms with van der Waals surface area (Å²) in [4.78, 5) is 14.0. The molecule has 0 radical (unpaired) electrons. The fraction of sp³-hybridized carbons (Fsp3) is 0.909. The Labute approximate surface area is 86.6 Å². The maximum Gasteiger partial charge on any atom is 0.226 e. The molecule has 1 saturated carbocycles. The maximum atomic E-state index is 11.9. The smallest absolute Gasteiger partial charge is 0.226 e. The average molecular weight is 198 g/mol. The minimum atomic E-state index is -0.00699. The van der Waals surface area contributed by atoms with Crippen LogP contribution in [0.15, 0.2) is 0 Å². The average Bonchev–Trinajstić information content (AvgIpc) is 3.01. The topological polar surface area (TPSA) is 46.3 Å². The van der Waals surface area contributed by atoms with Gasteiger partial charge in [0.1, 0.15) is 0 Å². The predicted octanol–water partition coefficient (Wildman–Crippen LogP) is 1.37. The van der Waals surface area contributed by atoms with Crippen molar-refractivity contribution in [3.8, 4) is 0 Å². The molecule has 0 aliphatic heterocycles. The summed E-state index contributed by atoms with van der Waals surface area (Å²) in [5.74, 6) is 0.246. The third-order valence-electron chi connectivity index (χ3n) is 2.80. The highest BCUT2D eigenvalue weighted by atomic mass is 16.2. The largest absolute Gasteiger partial charge is 0.339 e. The fourth-order valence-electron chi connectivity index (χ4n) is 1.57. The van der Waals surface area contributed by atoms with Crippen molar-refractivity contribution in [3.05, 3.63) is 0 Å². The van der Waals surface area contributed by atoms with Crippen LogP contribution >= 0.6 is 0 Å². The molecule has 1 rings (SSSR count). The molecule has 1 atom stereocenters. The summed E-state index contributed by atoms with van der Waals surface area (Å²) in [6.07, 6.45) is 4.63. The summed E-state index contributed by atoms with van der Waals surface area (Å²) in [5.41, 5.74) is 5.51. The second kappa shape index (κ2) is 5.35. The lowest BCUT2D eigenvalue weighted by Crippen LogP contribution is -2.40. The number of carbonyl (C=O) groups is 1. The van der Waals surface area contributed by atoms with Gasteiger partial charge in [0.2, 0.25) is 5.91 Å². The molecule has 0 aromatic heterocycles. The Morgan fingerprint density at radius 2 is 2.21 bits per heavy atom. The van der Waals surface area contributed by atoms with E-state index in [1.54, 1.807) is 0 Å². The molecule has 0 heterocycles. The Morgan fingerprint density at radius 3 is 2.64 bits per heavy atom. The van der Waals surface area contributed by atoms with Crippen molar-refractivity contribution in [3.63, 3.8) is 0 Å². The van der Waals surface area contributed by atoms with Crippen molar-refractivity contribution in [2.24, 2.45) is 11.7 Å². The SMILES string of the molecule is CCCCN(C(=O)C(C)CN)C1CC1. The molecule has 0 aromatic carbocycles. The van der Waals surface area contributed by atoms with Gasteiger partial charge >= 0.3 is 0 Å². The zero-order chi connectivity index (χ0) is 10.6. The first kappa shape index (κ1) is 11.5. The number of nitrogens with two attached hydrogens (primary N) is 1. The van der Waals surface area contributed by atoms with E-state index in [0.717, 1.165) is 19.4 Å². The Balaban J connectivity index is 2.44. The lowest BCUT2D eigenvalue weighted by molar-refractivity contribution is -0.135. The van der Waals surface area contributed by atoms with E-state index in [1.165, 1.54) is 12.8 Å². The summed E-state index contributed by atoms with van der Waals surface area (Å²) in [6, 6.07) is 0.531. The quantitative estimate of drug-likeness (QED) is 0.700. The summed E-state index contributed by atoms with van der Waals surface area (Å²) in [5, 5.41) is 0. The highest BCUT2D eigenvalue weighted by molar-refractivity contribution is 5.79. The van der Waals surface area contributed by atoms with Gasteiger partial charge in [-0.3, -0.25) is 4.79 Å². The van der Waals surface area contributed by atoms with E-state index >= 15 is 0 Å². The van der Waals surface area contributed by atoms with Crippen LogP contribution in [0.3, 0.4) is 0 Å². The molecule has 1 aliphatic carbocycles. The maximum absolute atomic E-state index is 11.9. The third-order valence-corrected chi connectivity index (χ3v) is 2.80. The molecule has 0 aromatic rings. The van der Waals surface area contributed by atoms with Crippen LogP contribution in [0.5, 0.6) is 0 Å². The van der Waals surface area contributed by atoms with Crippen LogP contribution in [0.4, 0.5) is 0 Å². The lowest BCUT2D eigenvalue weighted by Gasteiger charge is -2.25. The summed E-state index contributed by atoms with van der Waals surface area (Å²) in [7, 11) is 0. The van der Waals surface area contributed by atoms with Crippen LogP contribution in [0.2, 0.25) is 0 Å². The Kier molecular flexibility index (Phi) is 4.39. The van der Waals surface area contributed by atoms with Gasteiger partial charge in [0.05, 0.1) is 0 Å². The predicted molar refractivity (Wildman–Crippen MR) is 57.9 cm³/mol. The van der Waals surface area contributed by atoms with Crippen molar-refractivity contribution in [2.75, 3.05) is 13.1 Å². The van der Waals surface area contributed by atoms with Crippen molar-refractivity contribution in [1.29, 1.82) is 0 Å². The van der Waals surface area contributed by atoms with Crippen LogP contribution in [0.25, 0.3) is 0 Å². The fourth-order valence-corrected chi connectivity index (χ4v) is 1.57. The molecule has 3 nitrogen and oxygen atoms in total. The molecule has 0 saturated heterocycles. The van der Waals surface area contributed by atoms with Crippen molar-refractivity contribution < 1.29 is 4.79 Å². The molecular formula is C11H22N2O. The van der Waals surface area contributed by atoms with Crippen LogP contribution in [-0.2, 0) is 4.79 Å². The molecule has 0 bridgehead atoms. The Bertz CT molecular complexity index is 190. The molecule has 1 aliphatic rings. The van der Waals surface area contributed by atoms with Crippen LogP contribution in [0, 0.1) is 5.92 Å². The number of unbranched alkanes of at least 4 members (excludes halogenated alkanes) is 1. The number of nitrogens with zero attached hydrogens (tertiary/aromatic N) is 1. The monoisotopic (exact) mass is 198 g/mol. The van der Waals surface area contributed by atoms with Gasteiger partial charge in [-0.15, -0.1) is 0 Å². The van der Waals surface area contributed by atoms with E-state index in [4.69, 9.17) is 5.73 Å². The van der Waals surface area contributed by atoms with Crippen LogP contribution in [-0.4, -0.2) is 29.9 Å². The molecular weight excluding hydrogens is 176 g/mol.